The van der Waals surface area contributed by atoms with Crippen molar-refractivity contribution in [3.05, 3.63) is 74.6 Å². The summed E-state index contributed by atoms with van der Waals surface area (Å²) in [5.41, 5.74) is 0.112. The molecule has 1 saturated heterocycles. The Morgan fingerprint density at radius 3 is 2.46 bits per heavy atom. The number of carboxylic acid groups (broad SMARTS) is 1. The third-order valence-electron chi connectivity index (χ3n) is 11.9. The molecule has 2 amide bonds. The van der Waals surface area contributed by atoms with Gasteiger partial charge in [0.25, 0.3) is 5.56 Å². The average molecular weight is 970 g/mol. The number of nitrogens with one attached hydrogen (secondary N) is 2. The van der Waals surface area contributed by atoms with Crippen LogP contribution in [0.4, 0.5) is 10.5 Å². The molecule has 0 saturated carbocycles. The van der Waals surface area contributed by atoms with E-state index in [1.54, 1.807) is 25.1 Å². The van der Waals surface area contributed by atoms with Crippen LogP contribution in [0.1, 0.15) is 41.2 Å². The first-order valence-electron chi connectivity index (χ1n) is 21.1. The number of nitrogens with zero attached hydrogens (tertiary/aromatic N) is 3. The molecule has 0 aliphatic carbocycles. The van der Waals surface area contributed by atoms with Crippen molar-refractivity contribution in [2.24, 2.45) is 0 Å². The number of fused-ring (bicyclic) bond motifs is 6. The molecule has 7 N–H and O–H groups in total. The Balaban J connectivity index is 1.04. The largest absolute Gasteiger partial charge is 0.479 e. The van der Waals surface area contributed by atoms with Crippen LogP contribution in [0, 0.1) is 0 Å². The van der Waals surface area contributed by atoms with Gasteiger partial charge in [-0.1, -0.05) is 13.0 Å². The molecule has 24 nitrogen and oxygen atoms in total. The number of carboxylic acids is 1. The summed E-state index contributed by atoms with van der Waals surface area (Å²) in [4.78, 5) is 70.7. The number of amides is 2. The smallest absolute Gasteiger partial charge is 0.411 e. The van der Waals surface area contributed by atoms with E-state index in [1.165, 1.54) is 29.8 Å². The SMILES string of the molecule is CC[C@@]1(O)C(=O)OCc2c1cc1n(c2=O)Cc2c-1nc1cc3c(cc1c2COCN(CCS(C)(=O)=O)C(=O)OCc1ccc(O[C@@H]2OC(C(=O)O)[C@@H](O)C(O)[C@@H]2O)c(NC(=O)CNC)c1)OCO3. The van der Waals surface area contributed by atoms with Crippen molar-refractivity contribution in [2.75, 3.05) is 51.0 Å². The number of hydrogen-bond acceptors (Lipinski definition) is 20. The van der Waals surface area contributed by atoms with Crippen LogP contribution in [-0.4, -0.2) is 149 Å². The van der Waals surface area contributed by atoms with Crippen LogP contribution in [-0.2, 0) is 75.1 Å². The Bertz CT molecular complexity index is 2870. The number of rotatable bonds is 16. The minimum absolute atomic E-state index is 0.00854. The maximum atomic E-state index is 14.0. The van der Waals surface area contributed by atoms with Crippen molar-refractivity contribution in [3.8, 4) is 28.6 Å². The molecule has 0 radical (unpaired) electrons. The second-order valence-corrected chi connectivity index (χ2v) is 18.7. The summed E-state index contributed by atoms with van der Waals surface area (Å²) in [5.74, 6) is -2.89. The number of carbonyl (C=O) groups is 4. The number of hydrogen-bond donors (Lipinski definition) is 7. The summed E-state index contributed by atoms with van der Waals surface area (Å²) < 4.78 is 65.2. The monoisotopic (exact) mass is 969 g/mol. The highest BCUT2D eigenvalue weighted by Crippen LogP contribution is 2.43. The first-order chi connectivity index (χ1) is 32.3. The second kappa shape index (κ2) is 18.9. The molecule has 1 fully saturated rings. The van der Waals surface area contributed by atoms with Crippen LogP contribution in [0.15, 0.2) is 41.2 Å². The standard InChI is InChI=1S/C43H47N5O19S/c1-4-43(58)25-11-28-33-22(14-48(28)38(53)24(25)17-62-41(43)56)23(21-10-30-31(65-19-64-30)12-26(21)46-33)16-61-18-47(7-8-68(3,59)60)42(57)63-15-20-5-6-29(27(9-20)45-32(49)13-44-2)66-40-36(52)34(50)35(51)37(67-40)39(54)55/h5-6,9-12,34-37,40,44,50-52,58H,4,7-8,13-19H2,1-3H3,(H,45,49)(H,54,55)/t34?,35-,36-,37?,40+,43-/m0/s1. The molecule has 0 spiro atoms. The van der Waals surface area contributed by atoms with E-state index < -0.39 is 94.7 Å². The fourth-order valence-electron chi connectivity index (χ4n) is 8.19. The second-order valence-electron chi connectivity index (χ2n) is 16.4. The lowest BCUT2D eigenvalue weighted by Crippen LogP contribution is -2.61. The number of cyclic esters (lactones) is 1. The predicted octanol–water partition coefficient (Wildman–Crippen LogP) is -0.605. The van der Waals surface area contributed by atoms with Gasteiger partial charge >= 0.3 is 18.0 Å². The van der Waals surface area contributed by atoms with E-state index in [0.717, 1.165) is 11.2 Å². The predicted molar refractivity (Wildman–Crippen MR) is 231 cm³/mol. The zero-order chi connectivity index (χ0) is 48.8. The molecule has 6 heterocycles. The van der Waals surface area contributed by atoms with Gasteiger partial charge in [-0.3, -0.25) is 14.5 Å². The van der Waals surface area contributed by atoms with Crippen molar-refractivity contribution in [3.63, 3.8) is 0 Å². The molecule has 4 aromatic rings. The average Bonchev–Trinajstić information content (AvgIpc) is 3.92. The zero-order valence-electron chi connectivity index (χ0n) is 36.6. The van der Waals surface area contributed by atoms with Gasteiger partial charge in [0, 0.05) is 35.4 Å². The van der Waals surface area contributed by atoms with Crippen molar-refractivity contribution in [1.29, 1.82) is 0 Å². The summed E-state index contributed by atoms with van der Waals surface area (Å²) in [6.45, 7) is -0.465. The number of likely N-dealkylation sites (N-methyl/N-ethyl adjacent to an activating group) is 1. The molecule has 2 aromatic heterocycles. The number of sulfone groups is 1. The van der Waals surface area contributed by atoms with Gasteiger partial charge in [-0.2, -0.15) is 0 Å². The van der Waals surface area contributed by atoms with Crippen LogP contribution in [0.3, 0.4) is 0 Å². The van der Waals surface area contributed by atoms with Gasteiger partial charge in [-0.05, 0) is 48.9 Å². The van der Waals surface area contributed by atoms with Gasteiger partial charge < -0.3 is 73.9 Å². The molecule has 4 aliphatic heterocycles. The molecule has 0 bridgehead atoms. The number of ether oxygens (including phenoxy) is 7. The number of anilines is 1. The molecule has 2 unspecified atom stereocenters. The number of aromatic nitrogens is 2. The Morgan fingerprint density at radius 1 is 1.00 bits per heavy atom. The van der Waals surface area contributed by atoms with Gasteiger partial charge in [0.05, 0.1) is 53.6 Å². The van der Waals surface area contributed by atoms with Gasteiger partial charge in [0.2, 0.25) is 19.0 Å². The van der Waals surface area contributed by atoms with Crippen LogP contribution in [0.5, 0.6) is 17.2 Å². The van der Waals surface area contributed by atoms with Crippen molar-refractivity contribution < 1.29 is 86.3 Å². The maximum Gasteiger partial charge on any atom is 0.411 e. The van der Waals surface area contributed by atoms with Crippen LogP contribution < -0.4 is 30.4 Å². The number of aliphatic hydroxyl groups is 4. The van der Waals surface area contributed by atoms with E-state index in [1.807, 2.05) is 0 Å². The van der Waals surface area contributed by atoms with Gasteiger partial charge in [0.15, 0.2) is 23.2 Å². The van der Waals surface area contributed by atoms with E-state index in [-0.39, 0.29) is 74.2 Å². The third kappa shape index (κ3) is 9.25. The Labute approximate surface area is 385 Å². The molecule has 4 aliphatic rings. The Hall–Kier alpha value is -6.45. The molecule has 2 aromatic carbocycles. The normalized spacial score (nSPS) is 22.5. The minimum atomic E-state index is -3.62. The quantitative estimate of drug-likeness (QED) is 0.0479. The summed E-state index contributed by atoms with van der Waals surface area (Å²) in [7, 11) is -2.11. The van der Waals surface area contributed by atoms with Crippen LogP contribution >= 0.6 is 0 Å². The first-order valence-corrected chi connectivity index (χ1v) is 23.1. The summed E-state index contributed by atoms with van der Waals surface area (Å²) in [6, 6.07) is 8.95. The minimum Gasteiger partial charge on any atom is -0.479 e. The summed E-state index contributed by atoms with van der Waals surface area (Å²) in [5, 5.41) is 57.5. The van der Waals surface area contributed by atoms with Gasteiger partial charge in [0.1, 0.15) is 53.8 Å². The number of esters is 1. The topological polar surface area (TPSA) is 330 Å². The lowest BCUT2D eigenvalue weighted by molar-refractivity contribution is -0.271. The van der Waals surface area contributed by atoms with Crippen molar-refractivity contribution in [1.82, 2.24) is 19.8 Å². The molecular formula is C43H47N5O19S. The third-order valence-corrected chi connectivity index (χ3v) is 12.8. The number of pyridine rings is 2. The lowest BCUT2D eigenvalue weighted by atomic mass is 9.86. The molecule has 68 heavy (non-hydrogen) atoms. The van der Waals surface area contributed by atoms with Crippen molar-refractivity contribution in [2.45, 2.75) is 76.0 Å². The lowest BCUT2D eigenvalue weighted by Gasteiger charge is -2.38. The van der Waals surface area contributed by atoms with E-state index >= 15 is 0 Å². The molecule has 25 heteroatoms. The highest BCUT2D eigenvalue weighted by molar-refractivity contribution is 7.90. The Kier molecular flexibility index (Phi) is 13.4. The van der Waals surface area contributed by atoms with Crippen LogP contribution in [0.2, 0.25) is 0 Å². The van der Waals surface area contributed by atoms with Gasteiger partial charge in [-0.25, -0.2) is 27.8 Å². The fraction of sp³-hybridized carbons (Fsp3) is 0.442. The molecule has 8 rings (SSSR count). The summed E-state index contributed by atoms with van der Waals surface area (Å²) in [6.07, 6.45) is -9.71. The van der Waals surface area contributed by atoms with Crippen molar-refractivity contribution >= 4 is 50.4 Å². The maximum absolute atomic E-state index is 14.0. The molecular weight excluding hydrogens is 923 g/mol. The van der Waals surface area contributed by atoms with E-state index in [2.05, 4.69) is 10.6 Å². The summed E-state index contributed by atoms with van der Waals surface area (Å²) >= 11 is 0. The zero-order valence-corrected chi connectivity index (χ0v) is 37.4. The number of aliphatic hydroxyl groups excluding tert-OH is 3. The van der Waals surface area contributed by atoms with E-state index in [9.17, 15) is 57.9 Å². The Morgan fingerprint density at radius 2 is 1.75 bits per heavy atom. The molecule has 364 valence electrons. The highest BCUT2D eigenvalue weighted by Gasteiger charge is 2.49. The van der Waals surface area contributed by atoms with E-state index in [0.29, 0.717) is 44.9 Å². The van der Waals surface area contributed by atoms with E-state index in [4.69, 9.17) is 38.1 Å². The van der Waals surface area contributed by atoms with Gasteiger partial charge in [-0.15, -0.1) is 0 Å². The number of benzene rings is 2. The highest BCUT2D eigenvalue weighted by atomic mass is 32.2. The number of carbonyl (C=O) groups excluding carboxylic acids is 3. The van der Waals surface area contributed by atoms with Crippen LogP contribution in [0.25, 0.3) is 22.3 Å². The number of aliphatic carboxylic acids is 1. The molecule has 6 atom stereocenters. The fourth-order valence-corrected chi connectivity index (χ4v) is 8.74. The first kappa shape index (κ1) is 48.0.